The Morgan fingerprint density at radius 1 is 1.42 bits per heavy atom. The molecule has 2 aromatic rings. The van der Waals surface area contributed by atoms with Crippen LogP contribution < -0.4 is 10.5 Å². The van der Waals surface area contributed by atoms with E-state index in [1.54, 1.807) is 13.2 Å². The molecule has 0 amide bonds. The molecule has 2 unspecified atom stereocenters. The van der Waals surface area contributed by atoms with E-state index in [0.717, 1.165) is 16.2 Å². The van der Waals surface area contributed by atoms with Crippen molar-refractivity contribution in [1.82, 2.24) is 0 Å². The fourth-order valence-electron chi connectivity index (χ4n) is 2.00. The number of methoxy groups -OCH3 is 1. The molecule has 2 atom stereocenters. The topological polar surface area (TPSA) is 55.5 Å². The van der Waals surface area contributed by atoms with Crippen LogP contribution in [0.1, 0.15) is 22.5 Å². The zero-order chi connectivity index (χ0) is 13.8. The van der Waals surface area contributed by atoms with Gasteiger partial charge in [-0.15, -0.1) is 11.3 Å². The van der Waals surface area contributed by atoms with E-state index in [2.05, 4.69) is 0 Å². The first kappa shape index (κ1) is 14.3. The van der Waals surface area contributed by atoms with Gasteiger partial charge in [0, 0.05) is 27.7 Å². The third-order valence-electron chi connectivity index (χ3n) is 3.06. The van der Waals surface area contributed by atoms with Crippen LogP contribution in [-0.4, -0.2) is 18.8 Å². The van der Waals surface area contributed by atoms with Gasteiger partial charge >= 0.3 is 0 Å². The van der Waals surface area contributed by atoms with Crippen molar-refractivity contribution < 1.29 is 9.84 Å². The molecule has 0 spiro atoms. The molecule has 0 fully saturated rings. The molecule has 0 bridgehead atoms. The minimum Gasteiger partial charge on any atom is -0.496 e. The van der Waals surface area contributed by atoms with Crippen molar-refractivity contribution >= 4 is 22.9 Å². The Hall–Kier alpha value is -1.07. The first-order chi connectivity index (χ1) is 9.17. The summed E-state index contributed by atoms with van der Waals surface area (Å²) in [7, 11) is 1.60. The van der Waals surface area contributed by atoms with Crippen LogP contribution in [0.15, 0.2) is 35.7 Å². The number of hydrogen-bond acceptors (Lipinski definition) is 4. The van der Waals surface area contributed by atoms with Crippen LogP contribution in [0.2, 0.25) is 5.02 Å². The minimum atomic E-state index is -0.682. The fourth-order valence-corrected chi connectivity index (χ4v) is 3.18. The van der Waals surface area contributed by atoms with E-state index in [1.165, 1.54) is 11.3 Å². The van der Waals surface area contributed by atoms with Crippen LogP contribution >= 0.6 is 22.9 Å². The predicted molar refractivity (Wildman–Crippen MR) is 79.1 cm³/mol. The molecule has 0 saturated heterocycles. The van der Waals surface area contributed by atoms with Gasteiger partial charge in [0.1, 0.15) is 5.75 Å². The molecule has 3 nitrogen and oxygen atoms in total. The molecule has 19 heavy (non-hydrogen) atoms. The van der Waals surface area contributed by atoms with Crippen molar-refractivity contribution in [2.75, 3.05) is 13.7 Å². The Morgan fingerprint density at radius 2 is 2.16 bits per heavy atom. The van der Waals surface area contributed by atoms with E-state index in [4.69, 9.17) is 22.1 Å². The Morgan fingerprint density at radius 3 is 2.74 bits per heavy atom. The van der Waals surface area contributed by atoms with Crippen LogP contribution in [0.3, 0.4) is 0 Å². The van der Waals surface area contributed by atoms with Crippen LogP contribution in [-0.2, 0) is 0 Å². The van der Waals surface area contributed by atoms with E-state index >= 15 is 0 Å². The smallest absolute Gasteiger partial charge is 0.129 e. The Kier molecular flexibility index (Phi) is 4.82. The minimum absolute atomic E-state index is 0.225. The standard InChI is InChI=1S/C14H16ClNO2S/c1-18-9-6-13(19-8-9)14(17)11(7-16)10-4-2-3-5-12(10)15/h2-6,8,11,14,17H,7,16H2,1H3. The largest absolute Gasteiger partial charge is 0.496 e. The summed E-state index contributed by atoms with van der Waals surface area (Å²) in [6.07, 6.45) is -0.682. The lowest BCUT2D eigenvalue weighted by molar-refractivity contribution is 0.151. The maximum Gasteiger partial charge on any atom is 0.129 e. The normalized spacial score (nSPS) is 14.1. The highest BCUT2D eigenvalue weighted by atomic mass is 35.5. The average molecular weight is 298 g/mol. The van der Waals surface area contributed by atoms with E-state index in [0.29, 0.717) is 11.6 Å². The summed E-state index contributed by atoms with van der Waals surface area (Å²) in [6.45, 7) is 0.325. The number of aliphatic hydroxyl groups is 1. The van der Waals surface area contributed by atoms with Crippen molar-refractivity contribution in [1.29, 1.82) is 0 Å². The molecule has 0 aliphatic carbocycles. The fraction of sp³-hybridized carbons (Fsp3) is 0.286. The van der Waals surface area contributed by atoms with Gasteiger partial charge in [0.15, 0.2) is 0 Å². The van der Waals surface area contributed by atoms with Crippen molar-refractivity contribution in [3.05, 3.63) is 51.2 Å². The summed E-state index contributed by atoms with van der Waals surface area (Å²) >= 11 is 7.63. The molecule has 3 N–H and O–H groups in total. The molecule has 102 valence electrons. The first-order valence-electron chi connectivity index (χ1n) is 5.92. The van der Waals surface area contributed by atoms with Crippen LogP contribution in [0.4, 0.5) is 0 Å². The second-order valence-electron chi connectivity index (χ2n) is 4.20. The monoisotopic (exact) mass is 297 g/mol. The lowest BCUT2D eigenvalue weighted by Crippen LogP contribution is -2.19. The SMILES string of the molecule is COc1csc(C(O)C(CN)c2ccccc2Cl)c1. The van der Waals surface area contributed by atoms with Crippen LogP contribution in [0.25, 0.3) is 0 Å². The van der Waals surface area contributed by atoms with Crippen molar-refractivity contribution in [3.8, 4) is 5.75 Å². The van der Waals surface area contributed by atoms with Gasteiger partial charge in [-0.25, -0.2) is 0 Å². The van der Waals surface area contributed by atoms with Gasteiger partial charge in [-0.1, -0.05) is 29.8 Å². The van der Waals surface area contributed by atoms with Crippen LogP contribution in [0, 0.1) is 0 Å². The van der Waals surface area contributed by atoms with Gasteiger partial charge in [0.05, 0.1) is 13.2 Å². The number of nitrogens with two attached hydrogens (primary N) is 1. The van der Waals surface area contributed by atoms with Crippen LogP contribution in [0.5, 0.6) is 5.75 Å². The zero-order valence-corrected chi connectivity index (χ0v) is 12.1. The highest BCUT2D eigenvalue weighted by molar-refractivity contribution is 7.10. The Balaban J connectivity index is 2.29. The molecule has 5 heteroatoms. The molecular formula is C14H16ClNO2S. The van der Waals surface area contributed by atoms with Crippen molar-refractivity contribution in [2.24, 2.45) is 5.73 Å². The highest BCUT2D eigenvalue weighted by Crippen LogP contribution is 2.37. The molecule has 1 heterocycles. The Labute approximate surface area is 121 Å². The van der Waals surface area contributed by atoms with E-state index in [1.807, 2.05) is 29.6 Å². The van der Waals surface area contributed by atoms with Gasteiger partial charge < -0.3 is 15.6 Å². The number of hydrogen-bond donors (Lipinski definition) is 2. The first-order valence-corrected chi connectivity index (χ1v) is 7.18. The van der Waals surface area contributed by atoms with Crippen molar-refractivity contribution in [2.45, 2.75) is 12.0 Å². The second kappa shape index (κ2) is 6.39. The predicted octanol–water partition coefficient (Wildman–Crippen LogP) is 3.19. The molecule has 0 radical (unpaired) electrons. The summed E-state index contributed by atoms with van der Waals surface area (Å²) < 4.78 is 5.13. The summed E-state index contributed by atoms with van der Waals surface area (Å²) in [5.74, 6) is 0.519. The van der Waals surface area contributed by atoms with E-state index in [9.17, 15) is 5.11 Å². The maximum absolute atomic E-state index is 10.5. The molecule has 0 aliphatic heterocycles. The Bertz CT molecular complexity index is 544. The number of rotatable bonds is 5. The molecule has 0 aliphatic rings. The van der Waals surface area contributed by atoms with E-state index < -0.39 is 6.10 Å². The zero-order valence-electron chi connectivity index (χ0n) is 10.5. The number of aliphatic hydroxyl groups excluding tert-OH is 1. The number of ether oxygens (including phenoxy) is 1. The molecule has 1 aromatic carbocycles. The van der Waals surface area contributed by atoms with Gasteiger partial charge in [0.2, 0.25) is 0 Å². The van der Waals surface area contributed by atoms with Gasteiger partial charge in [-0.2, -0.15) is 0 Å². The van der Waals surface area contributed by atoms with Gasteiger partial charge in [-0.05, 0) is 17.7 Å². The number of halogens is 1. The second-order valence-corrected chi connectivity index (χ2v) is 5.55. The molecule has 1 aromatic heterocycles. The quantitative estimate of drug-likeness (QED) is 0.891. The molecule has 0 saturated carbocycles. The lowest BCUT2D eigenvalue weighted by atomic mass is 9.92. The van der Waals surface area contributed by atoms with Crippen molar-refractivity contribution in [3.63, 3.8) is 0 Å². The summed E-state index contributed by atoms with van der Waals surface area (Å²) in [4.78, 5) is 0.826. The third-order valence-corrected chi connectivity index (χ3v) is 4.39. The number of thiophene rings is 1. The molecular weight excluding hydrogens is 282 g/mol. The highest BCUT2D eigenvalue weighted by Gasteiger charge is 2.24. The van der Waals surface area contributed by atoms with E-state index in [-0.39, 0.29) is 5.92 Å². The number of benzene rings is 1. The summed E-state index contributed by atoms with van der Waals surface area (Å²) in [6, 6.07) is 9.29. The summed E-state index contributed by atoms with van der Waals surface area (Å²) in [5, 5.41) is 13.0. The van der Waals surface area contributed by atoms with Gasteiger partial charge in [0.25, 0.3) is 0 Å². The van der Waals surface area contributed by atoms with Gasteiger partial charge in [-0.3, -0.25) is 0 Å². The maximum atomic E-state index is 10.5. The average Bonchev–Trinajstić information content (AvgIpc) is 2.90. The summed E-state index contributed by atoms with van der Waals surface area (Å²) in [5.41, 5.74) is 6.67. The third kappa shape index (κ3) is 3.09. The molecule has 2 rings (SSSR count). The lowest BCUT2D eigenvalue weighted by Gasteiger charge is -2.21.